The molecule has 0 spiro atoms. The zero-order valence-electron chi connectivity index (χ0n) is 11.7. The summed E-state index contributed by atoms with van der Waals surface area (Å²) in [5.74, 6) is 0. The van der Waals surface area contributed by atoms with Gasteiger partial charge in [-0.05, 0) is 31.0 Å². The van der Waals surface area contributed by atoms with Gasteiger partial charge in [0.25, 0.3) is 0 Å². The van der Waals surface area contributed by atoms with Gasteiger partial charge in [-0.1, -0.05) is 30.7 Å². The Balaban J connectivity index is 2.02. The van der Waals surface area contributed by atoms with Gasteiger partial charge in [0.05, 0.1) is 5.69 Å². The summed E-state index contributed by atoms with van der Waals surface area (Å²) in [6, 6.07) is 8.24. The van der Waals surface area contributed by atoms with Gasteiger partial charge in [0.2, 0.25) is 0 Å². The minimum absolute atomic E-state index is 0.267. The van der Waals surface area contributed by atoms with Crippen LogP contribution in [0.5, 0.6) is 0 Å². The van der Waals surface area contributed by atoms with Gasteiger partial charge in [-0.2, -0.15) is 5.10 Å². The van der Waals surface area contributed by atoms with Gasteiger partial charge >= 0.3 is 0 Å². The van der Waals surface area contributed by atoms with Crippen molar-refractivity contribution in [1.29, 1.82) is 0 Å². The van der Waals surface area contributed by atoms with Gasteiger partial charge in [0.1, 0.15) is 0 Å². The molecule has 0 unspecified atom stereocenters. The van der Waals surface area contributed by atoms with Crippen molar-refractivity contribution in [3.05, 3.63) is 52.3 Å². The molecule has 1 aromatic carbocycles. The van der Waals surface area contributed by atoms with E-state index in [1.165, 1.54) is 11.1 Å². The van der Waals surface area contributed by atoms with E-state index in [0.29, 0.717) is 0 Å². The number of aryl methyl sites for hydroxylation is 2. The van der Waals surface area contributed by atoms with E-state index in [1.54, 1.807) is 0 Å². The second kappa shape index (κ2) is 6.22. The number of hydrogen-bond donors (Lipinski definition) is 1. The summed E-state index contributed by atoms with van der Waals surface area (Å²) in [7, 11) is 1.96. The Bertz CT molecular complexity index is 548. The normalized spacial score (nSPS) is 12.6. The van der Waals surface area contributed by atoms with Crippen LogP contribution in [0.3, 0.4) is 0 Å². The maximum atomic E-state index is 6.02. The lowest BCUT2D eigenvalue weighted by Crippen LogP contribution is -2.18. The molecule has 0 aliphatic carbocycles. The minimum Gasteiger partial charge on any atom is -0.306 e. The molecule has 19 heavy (non-hydrogen) atoms. The van der Waals surface area contributed by atoms with Gasteiger partial charge in [0.15, 0.2) is 0 Å². The smallest absolute Gasteiger partial charge is 0.0666 e. The van der Waals surface area contributed by atoms with Crippen LogP contribution in [0, 0.1) is 0 Å². The van der Waals surface area contributed by atoms with E-state index in [1.807, 2.05) is 29.9 Å². The molecule has 0 aliphatic rings. The van der Waals surface area contributed by atoms with Gasteiger partial charge in [-0.15, -0.1) is 0 Å². The number of benzene rings is 1. The topological polar surface area (TPSA) is 29.9 Å². The molecule has 1 N–H and O–H groups in total. The van der Waals surface area contributed by atoms with Crippen LogP contribution in [0.2, 0.25) is 5.02 Å². The molecule has 1 atom stereocenters. The quantitative estimate of drug-likeness (QED) is 0.907. The molecule has 0 saturated carbocycles. The fraction of sp³-hybridized carbons (Fsp3) is 0.400. The highest BCUT2D eigenvalue weighted by atomic mass is 35.5. The van der Waals surface area contributed by atoms with Crippen LogP contribution in [0.4, 0.5) is 0 Å². The number of rotatable bonds is 5. The first-order valence-electron chi connectivity index (χ1n) is 6.60. The zero-order chi connectivity index (χ0) is 13.8. The summed E-state index contributed by atoms with van der Waals surface area (Å²) in [6.45, 7) is 5.10. The molecule has 4 heteroatoms. The zero-order valence-corrected chi connectivity index (χ0v) is 12.4. The van der Waals surface area contributed by atoms with Crippen LogP contribution < -0.4 is 5.32 Å². The minimum atomic E-state index is 0.267. The lowest BCUT2D eigenvalue weighted by Gasteiger charge is -2.14. The third kappa shape index (κ3) is 3.58. The Labute approximate surface area is 119 Å². The molecule has 2 rings (SSSR count). The van der Waals surface area contributed by atoms with E-state index in [2.05, 4.69) is 36.5 Å². The second-order valence-electron chi connectivity index (χ2n) is 4.79. The Kier molecular flexibility index (Phi) is 4.61. The molecular weight excluding hydrogens is 258 g/mol. The van der Waals surface area contributed by atoms with Crippen LogP contribution >= 0.6 is 11.6 Å². The van der Waals surface area contributed by atoms with E-state index in [9.17, 15) is 0 Å². The predicted octanol–water partition coefficient (Wildman–Crippen LogP) is 3.49. The van der Waals surface area contributed by atoms with Gasteiger partial charge in [-0.25, -0.2) is 0 Å². The summed E-state index contributed by atoms with van der Waals surface area (Å²) < 4.78 is 1.87. The second-order valence-corrected chi connectivity index (χ2v) is 5.22. The molecule has 1 heterocycles. The molecule has 2 aromatic rings. The molecule has 1 aromatic heterocycles. The summed E-state index contributed by atoms with van der Waals surface area (Å²) >= 11 is 6.02. The Hall–Kier alpha value is -1.32. The molecule has 0 amide bonds. The molecule has 0 radical (unpaired) electrons. The lowest BCUT2D eigenvalue weighted by atomic mass is 10.1. The number of hydrogen-bond acceptors (Lipinski definition) is 2. The van der Waals surface area contributed by atoms with E-state index in [-0.39, 0.29) is 6.04 Å². The highest BCUT2D eigenvalue weighted by Crippen LogP contribution is 2.18. The van der Waals surface area contributed by atoms with Crippen molar-refractivity contribution < 1.29 is 0 Å². The average Bonchev–Trinajstić information content (AvgIpc) is 2.76. The largest absolute Gasteiger partial charge is 0.306 e. The van der Waals surface area contributed by atoms with Crippen molar-refractivity contribution in [3.8, 4) is 0 Å². The first kappa shape index (κ1) is 14.1. The van der Waals surface area contributed by atoms with E-state index < -0.39 is 0 Å². The van der Waals surface area contributed by atoms with Crippen LogP contribution in [0.15, 0.2) is 30.5 Å². The van der Waals surface area contributed by atoms with Crippen molar-refractivity contribution in [2.75, 3.05) is 0 Å². The van der Waals surface area contributed by atoms with E-state index in [0.717, 1.165) is 23.7 Å². The Morgan fingerprint density at radius 1 is 1.42 bits per heavy atom. The number of halogens is 1. The van der Waals surface area contributed by atoms with Crippen molar-refractivity contribution in [3.63, 3.8) is 0 Å². The molecule has 0 bridgehead atoms. The van der Waals surface area contributed by atoms with Gasteiger partial charge in [0, 0.05) is 36.4 Å². The molecule has 102 valence electrons. The third-order valence-corrected chi connectivity index (χ3v) is 3.51. The maximum Gasteiger partial charge on any atom is 0.0666 e. The monoisotopic (exact) mass is 277 g/mol. The van der Waals surface area contributed by atoms with Crippen LogP contribution in [-0.4, -0.2) is 9.78 Å². The molecule has 0 saturated heterocycles. The van der Waals surface area contributed by atoms with Gasteiger partial charge in [-0.3, -0.25) is 4.68 Å². The highest BCUT2D eigenvalue weighted by Gasteiger charge is 2.09. The maximum absolute atomic E-state index is 6.02. The van der Waals surface area contributed by atoms with E-state index in [4.69, 9.17) is 11.6 Å². The average molecular weight is 278 g/mol. The van der Waals surface area contributed by atoms with Crippen LogP contribution in [0.1, 0.15) is 36.7 Å². The number of aromatic nitrogens is 2. The van der Waals surface area contributed by atoms with Crippen molar-refractivity contribution in [2.45, 2.75) is 32.9 Å². The first-order chi connectivity index (χ1) is 9.10. The van der Waals surface area contributed by atoms with E-state index >= 15 is 0 Å². The Morgan fingerprint density at radius 2 is 2.21 bits per heavy atom. The number of nitrogens with zero attached hydrogens (tertiary/aromatic N) is 2. The fourth-order valence-electron chi connectivity index (χ4n) is 2.19. The molecule has 3 nitrogen and oxygen atoms in total. The molecular formula is C15H20ClN3. The van der Waals surface area contributed by atoms with Crippen molar-refractivity contribution in [2.24, 2.45) is 7.05 Å². The lowest BCUT2D eigenvalue weighted by molar-refractivity contribution is 0.572. The SMILES string of the molecule is CCc1nn(C)cc1CN[C@@H](C)c1cccc(Cl)c1. The van der Waals surface area contributed by atoms with Crippen molar-refractivity contribution in [1.82, 2.24) is 15.1 Å². The third-order valence-electron chi connectivity index (χ3n) is 3.27. The molecule has 0 aliphatic heterocycles. The van der Waals surface area contributed by atoms with Crippen molar-refractivity contribution >= 4 is 11.6 Å². The summed E-state index contributed by atoms with van der Waals surface area (Å²) in [4.78, 5) is 0. The summed E-state index contributed by atoms with van der Waals surface area (Å²) in [5.41, 5.74) is 3.63. The van der Waals surface area contributed by atoms with Crippen LogP contribution in [0.25, 0.3) is 0 Å². The molecule has 0 fully saturated rings. The number of nitrogens with one attached hydrogen (secondary N) is 1. The Morgan fingerprint density at radius 3 is 2.89 bits per heavy atom. The van der Waals surface area contributed by atoms with Crippen LogP contribution in [-0.2, 0) is 20.0 Å². The standard InChI is InChI=1S/C15H20ClN3/c1-4-15-13(10-19(3)18-15)9-17-11(2)12-6-5-7-14(16)8-12/h5-8,10-11,17H,4,9H2,1-3H3/t11-/m0/s1. The fourth-order valence-corrected chi connectivity index (χ4v) is 2.38. The highest BCUT2D eigenvalue weighted by molar-refractivity contribution is 6.30. The first-order valence-corrected chi connectivity index (χ1v) is 6.98. The summed E-state index contributed by atoms with van der Waals surface area (Å²) in [6.07, 6.45) is 3.04. The predicted molar refractivity (Wildman–Crippen MR) is 79.3 cm³/mol. The van der Waals surface area contributed by atoms with Gasteiger partial charge < -0.3 is 5.32 Å². The summed E-state index contributed by atoms with van der Waals surface area (Å²) in [5, 5.41) is 8.75.